The highest BCUT2D eigenvalue weighted by atomic mass is 32.2. The largest absolute Gasteiger partial charge is 0.379 e. The highest BCUT2D eigenvalue weighted by Crippen LogP contribution is 2.25. The number of hydrogen-bond donors (Lipinski definition) is 1. The Balaban J connectivity index is 1.86. The molecule has 2 aromatic rings. The van der Waals surface area contributed by atoms with Crippen molar-refractivity contribution in [3.8, 4) is 0 Å². The normalized spacial score (nSPS) is 16.4. The van der Waals surface area contributed by atoms with Gasteiger partial charge in [-0.2, -0.15) is 4.31 Å². The van der Waals surface area contributed by atoms with Gasteiger partial charge in [0, 0.05) is 18.7 Å². The van der Waals surface area contributed by atoms with Gasteiger partial charge in [-0.25, -0.2) is 8.42 Å². The summed E-state index contributed by atoms with van der Waals surface area (Å²) in [5.74, 6) is 0.119. The Morgan fingerprint density at radius 1 is 1.10 bits per heavy atom. The van der Waals surface area contributed by atoms with Gasteiger partial charge < -0.3 is 10.1 Å². The number of sulfonamides is 1. The molecule has 0 aromatic heterocycles. The quantitative estimate of drug-likeness (QED) is 0.729. The number of carbonyl (C=O) groups excluding carboxylic acids is 1. The number of hydrogen-bond acceptors (Lipinski definition) is 4. The van der Waals surface area contributed by atoms with E-state index < -0.39 is 10.0 Å². The van der Waals surface area contributed by atoms with Gasteiger partial charge in [0.15, 0.2) is 0 Å². The number of nitrogens with one attached hydrogen (secondary N) is 1. The van der Waals surface area contributed by atoms with Gasteiger partial charge in [0.2, 0.25) is 10.0 Å². The number of amides is 1. The zero-order chi connectivity index (χ0) is 21.7. The van der Waals surface area contributed by atoms with Crippen molar-refractivity contribution in [2.75, 3.05) is 26.3 Å². The first-order chi connectivity index (χ1) is 14.3. The molecule has 1 unspecified atom stereocenters. The number of aryl methyl sites for hydroxylation is 1. The molecule has 2 aromatic carbocycles. The van der Waals surface area contributed by atoms with E-state index in [0.29, 0.717) is 43.3 Å². The fourth-order valence-electron chi connectivity index (χ4n) is 3.62. The molecule has 30 heavy (non-hydrogen) atoms. The summed E-state index contributed by atoms with van der Waals surface area (Å²) in [6.45, 7) is 7.38. The van der Waals surface area contributed by atoms with E-state index in [0.717, 1.165) is 12.0 Å². The summed E-state index contributed by atoms with van der Waals surface area (Å²) in [6.07, 6.45) is 0.792. The predicted molar refractivity (Wildman–Crippen MR) is 117 cm³/mol. The molecule has 0 radical (unpaired) electrons. The summed E-state index contributed by atoms with van der Waals surface area (Å²) >= 11 is 0. The molecular weight excluding hydrogens is 400 g/mol. The lowest BCUT2D eigenvalue weighted by Gasteiger charge is -2.27. The van der Waals surface area contributed by atoms with Gasteiger partial charge in [0.05, 0.1) is 24.2 Å². The molecule has 0 aliphatic carbocycles. The second-order valence-corrected chi connectivity index (χ2v) is 9.97. The Kier molecular flexibility index (Phi) is 7.28. The van der Waals surface area contributed by atoms with Crippen LogP contribution in [-0.4, -0.2) is 44.9 Å². The van der Waals surface area contributed by atoms with Crippen LogP contribution in [0, 0.1) is 12.8 Å². The first-order valence-electron chi connectivity index (χ1n) is 10.3. The van der Waals surface area contributed by atoms with Crippen molar-refractivity contribution in [3.05, 3.63) is 65.2 Å². The van der Waals surface area contributed by atoms with E-state index in [9.17, 15) is 13.2 Å². The van der Waals surface area contributed by atoms with Crippen LogP contribution in [0.1, 0.15) is 47.8 Å². The van der Waals surface area contributed by atoms with Crippen LogP contribution in [-0.2, 0) is 14.8 Å². The van der Waals surface area contributed by atoms with Gasteiger partial charge in [-0.1, -0.05) is 50.2 Å². The molecule has 1 aliphatic heterocycles. The number of morpholine rings is 1. The number of ether oxygens (including phenoxy) is 1. The lowest BCUT2D eigenvalue weighted by Crippen LogP contribution is -2.41. The van der Waals surface area contributed by atoms with E-state index in [2.05, 4.69) is 19.2 Å². The monoisotopic (exact) mass is 430 g/mol. The lowest BCUT2D eigenvalue weighted by atomic mass is 9.96. The zero-order valence-corrected chi connectivity index (χ0v) is 18.6. The summed E-state index contributed by atoms with van der Waals surface area (Å²) in [5.41, 5.74) is 2.00. The predicted octanol–water partition coefficient (Wildman–Crippen LogP) is 3.53. The van der Waals surface area contributed by atoms with Crippen LogP contribution in [0.3, 0.4) is 0 Å². The highest BCUT2D eigenvalue weighted by molar-refractivity contribution is 7.89. The van der Waals surface area contributed by atoms with E-state index in [1.54, 1.807) is 19.1 Å². The van der Waals surface area contributed by atoms with Crippen LogP contribution in [0.5, 0.6) is 0 Å². The second kappa shape index (κ2) is 9.73. The number of carbonyl (C=O) groups is 1. The van der Waals surface area contributed by atoms with Crippen LogP contribution >= 0.6 is 0 Å². The Bertz CT molecular complexity index is 968. The zero-order valence-electron chi connectivity index (χ0n) is 17.8. The van der Waals surface area contributed by atoms with Gasteiger partial charge in [0.25, 0.3) is 5.91 Å². The third-order valence-electron chi connectivity index (χ3n) is 5.25. The number of rotatable bonds is 7. The van der Waals surface area contributed by atoms with Gasteiger partial charge >= 0.3 is 0 Å². The first kappa shape index (κ1) is 22.5. The molecule has 1 aliphatic rings. The smallest absolute Gasteiger partial charge is 0.251 e. The van der Waals surface area contributed by atoms with Crippen molar-refractivity contribution in [2.24, 2.45) is 5.92 Å². The third kappa shape index (κ3) is 5.28. The second-order valence-electron chi connectivity index (χ2n) is 8.06. The van der Waals surface area contributed by atoms with Crippen LogP contribution in [0.25, 0.3) is 0 Å². The summed E-state index contributed by atoms with van der Waals surface area (Å²) in [6, 6.07) is 14.6. The minimum Gasteiger partial charge on any atom is -0.379 e. The third-order valence-corrected chi connectivity index (χ3v) is 7.29. The van der Waals surface area contributed by atoms with Crippen molar-refractivity contribution in [1.29, 1.82) is 0 Å². The molecule has 1 N–H and O–H groups in total. The molecule has 162 valence electrons. The van der Waals surface area contributed by atoms with Gasteiger partial charge in [-0.15, -0.1) is 0 Å². The molecule has 0 bridgehead atoms. The molecule has 7 heteroatoms. The molecule has 1 amide bonds. The Labute approximate surface area is 179 Å². The fraction of sp³-hybridized carbons (Fsp3) is 0.435. The molecule has 0 spiro atoms. The van der Waals surface area contributed by atoms with Crippen LogP contribution in [0.15, 0.2) is 53.4 Å². The number of benzene rings is 2. The molecule has 6 nitrogen and oxygen atoms in total. The molecule has 0 saturated carbocycles. The Morgan fingerprint density at radius 3 is 2.40 bits per heavy atom. The molecule has 3 rings (SSSR count). The maximum Gasteiger partial charge on any atom is 0.251 e. The van der Waals surface area contributed by atoms with Crippen molar-refractivity contribution >= 4 is 15.9 Å². The number of nitrogens with zero attached hydrogens (tertiary/aromatic N) is 1. The molecule has 1 heterocycles. The van der Waals surface area contributed by atoms with Crippen LogP contribution in [0.4, 0.5) is 0 Å². The van der Waals surface area contributed by atoms with Gasteiger partial charge in [0.1, 0.15) is 0 Å². The van der Waals surface area contributed by atoms with E-state index in [-0.39, 0.29) is 16.8 Å². The van der Waals surface area contributed by atoms with Crippen LogP contribution < -0.4 is 5.32 Å². The molecule has 1 saturated heterocycles. The van der Waals surface area contributed by atoms with E-state index in [1.807, 2.05) is 30.3 Å². The van der Waals surface area contributed by atoms with Crippen molar-refractivity contribution in [1.82, 2.24) is 9.62 Å². The van der Waals surface area contributed by atoms with E-state index >= 15 is 0 Å². The fourth-order valence-corrected chi connectivity index (χ4v) is 5.28. The lowest BCUT2D eigenvalue weighted by molar-refractivity contribution is 0.0730. The average molecular weight is 431 g/mol. The minimum atomic E-state index is -3.68. The van der Waals surface area contributed by atoms with Crippen molar-refractivity contribution < 1.29 is 17.9 Å². The maximum atomic E-state index is 13.1. The average Bonchev–Trinajstić information content (AvgIpc) is 2.74. The topological polar surface area (TPSA) is 75.7 Å². The Morgan fingerprint density at radius 2 is 1.77 bits per heavy atom. The summed E-state index contributed by atoms with van der Waals surface area (Å²) in [7, 11) is -3.68. The SMILES string of the molecule is Cc1ccc(C(=O)NC(CC(C)C)c2ccccc2)cc1S(=O)(=O)N1CCOCC1. The standard InChI is InChI=1S/C23H30N2O4S/c1-17(2)15-21(19-7-5-4-6-8-19)24-23(26)20-10-9-18(3)22(16-20)30(27,28)25-11-13-29-14-12-25/h4-10,16-17,21H,11-15H2,1-3H3,(H,24,26). The van der Waals surface area contributed by atoms with Gasteiger partial charge in [-0.3, -0.25) is 4.79 Å². The molecule has 1 atom stereocenters. The Hall–Kier alpha value is -2.22. The summed E-state index contributed by atoms with van der Waals surface area (Å²) in [5, 5.41) is 3.09. The summed E-state index contributed by atoms with van der Waals surface area (Å²) in [4.78, 5) is 13.2. The molecule has 1 fully saturated rings. The highest BCUT2D eigenvalue weighted by Gasteiger charge is 2.28. The minimum absolute atomic E-state index is 0.140. The van der Waals surface area contributed by atoms with Gasteiger partial charge in [-0.05, 0) is 42.5 Å². The van der Waals surface area contributed by atoms with E-state index in [4.69, 9.17) is 4.74 Å². The van der Waals surface area contributed by atoms with Crippen molar-refractivity contribution in [2.45, 2.75) is 38.1 Å². The van der Waals surface area contributed by atoms with E-state index in [1.165, 1.54) is 10.4 Å². The van der Waals surface area contributed by atoms with Crippen molar-refractivity contribution in [3.63, 3.8) is 0 Å². The summed E-state index contributed by atoms with van der Waals surface area (Å²) < 4.78 is 32.9. The maximum absolute atomic E-state index is 13.1. The van der Waals surface area contributed by atoms with Crippen LogP contribution in [0.2, 0.25) is 0 Å². The molecular formula is C23H30N2O4S. The first-order valence-corrected chi connectivity index (χ1v) is 11.8.